The third-order valence-corrected chi connectivity index (χ3v) is 7.02. The monoisotopic (exact) mass is 462 g/mol. The molecule has 0 aliphatic carbocycles. The van der Waals surface area contributed by atoms with Crippen LogP contribution in [-0.2, 0) is 20.9 Å². The van der Waals surface area contributed by atoms with E-state index in [1.807, 2.05) is 6.92 Å². The van der Waals surface area contributed by atoms with Crippen LogP contribution in [0.2, 0.25) is 0 Å². The van der Waals surface area contributed by atoms with Crippen LogP contribution in [0.5, 0.6) is 0 Å². The predicted octanol–water partition coefficient (Wildman–Crippen LogP) is 0.891. The standard InChI is InChI=1S/C21H30N6O4S/c1-2-7-22-19(29)14-5-8-26(9-6-14)21-25-18-17(32-21)20(30)27(13-24-18)12-16(28)23-11-15-4-3-10-31-15/h13-15H,2-12H2,1H3,(H,22,29)(H,23,28)/t15-/m1/s1. The van der Waals surface area contributed by atoms with Crippen LogP contribution in [0.1, 0.15) is 39.0 Å². The second kappa shape index (κ2) is 10.4. The van der Waals surface area contributed by atoms with Crippen LogP contribution in [-0.4, -0.2) is 65.2 Å². The van der Waals surface area contributed by atoms with Crippen molar-refractivity contribution in [1.29, 1.82) is 0 Å². The van der Waals surface area contributed by atoms with Crippen molar-refractivity contribution in [2.45, 2.75) is 51.7 Å². The normalized spacial score (nSPS) is 19.4. The van der Waals surface area contributed by atoms with Crippen molar-refractivity contribution in [2.75, 3.05) is 37.7 Å². The summed E-state index contributed by atoms with van der Waals surface area (Å²) in [5.74, 6) is -0.0919. The van der Waals surface area contributed by atoms with Gasteiger partial charge in [-0.2, -0.15) is 4.98 Å². The molecule has 0 spiro atoms. The van der Waals surface area contributed by atoms with Crippen LogP contribution in [0.3, 0.4) is 0 Å². The summed E-state index contributed by atoms with van der Waals surface area (Å²) in [6.07, 6.45) is 5.83. The Labute approximate surface area is 190 Å². The van der Waals surface area contributed by atoms with Gasteiger partial charge in [-0.25, -0.2) is 4.98 Å². The fourth-order valence-corrected chi connectivity index (χ4v) is 5.07. The van der Waals surface area contributed by atoms with Crippen molar-refractivity contribution < 1.29 is 14.3 Å². The van der Waals surface area contributed by atoms with E-state index in [0.29, 0.717) is 36.5 Å². The molecule has 11 heteroatoms. The average Bonchev–Trinajstić information content (AvgIpc) is 3.48. The van der Waals surface area contributed by atoms with Gasteiger partial charge in [0.25, 0.3) is 5.56 Å². The van der Waals surface area contributed by atoms with Crippen molar-refractivity contribution in [3.8, 4) is 0 Å². The molecule has 2 amide bonds. The Bertz CT molecular complexity index is 1010. The Balaban J connectivity index is 1.37. The molecule has 0 saturated carbocycles. The average molecular weight is 463 g/mol. The van der Waals surface area contributed by atoms with Crippen molar-refractivity contribution in [3.05, 3.63) is 16.7 Å². The van der Waals surface area contributed by atoms with Gasteiger partial charge in [-0.3, -0.25) is 19.0 Å². The summed E-state index contributed by atoms with van der Waals surface area (Å²) < 4.78 is 7.26. The smallest absolute Gasteiger partial charge is 0.273 e. The number of amides is 2. The van der Waals surface area contributed by atoms with Crippen LogP contribution in [0, 0.1) is 5.92 Å². The number of fused-ring (bicyclic) bond motifs is 1. The number of rotatable bonds is 8. The number of piperidine rings is 1. The molecule has 4 heterocycles. The molecule has 0 unspecified atom stereocenters. The van der Waals surface area contributed by atoms with E-state index in [0.717, 1.165) is 43.8 Å². The van der Waals surface area contributed by atoms with Gasteiger partial charge in [-0.15, -0.1) is 0 Å². The number of carbonyl (C=O) groups excluding carboxylic acids is 2. The molecular weight excluding hydrogens is 432 g/mol. The molecule has 174 valence electrons. The van der Waals surface area contributed by atoms with E-state index in [-0.39, 0.29) is 35.9 Å². The molecule has 2 fully saturated rings. The lowest BCUT2D eigenvalue weighted by Gasteiger charge is -2.30. The first-order chi connectivity index (χ1) is 15.5. The van der Waals surface area contributed by atoms with E-state index in [1.165, 1.54) is 22.2 Å². The molecule has 32 heavy (non-hydrogen) atoms. The van der Waals surface area contributed by atoms with Gasteiger partial charge in [0.15, 0.2) is 10.8 Å². The zero-order valence-corrected chi connectivity index (χ0v) is 19.2. The number of carbonyl (C=O) groups is 2. The molecule has 2 aromatic heterocycles. The van der Waals surface area contributed by atoms with Gasteiger partial charge in [0.2, 0.25) is 11.8 Å². The van der Waals surface area contributed by atoms with Crippen molar-refractivity contribution in [3.63, 3.8) is 0 Å². The second-order valence-electron chi connectivity index (χ2n) is 8.32. The Morgan fingerprint density at radius 3 is 2.78 bits per heavy atom. The summed E-state index contributed by atoms with van der Waals surface area (Å²) >= 11 is 1.30. The molecule has 0 bridgehead atoms. The lowest BCUT2D eigenvalue weighted by Crippen LogP contribution is -2.40. The summed E-state index contributed by atoms with van der Waals surface area (Å²) in [7, 11) is 0. The fourth-order valence-electron chi connectivity index (χ4n) is 4.05. The van der Waals surface area contributed by atoms with Crippen LogP contribution < -0.4 is 21.1 Å². The summed E-state index contributed by atoms with van der Waals surface area (Å²) in [4.78, 5) is 48.3. The Morgan fingerprint density at radius 2 is 2.06 bits per heavy atom. The molecule has 0 radical (unpaired) electrons. The van der Waals surface area contributed by atoms with E-state index in [2.05, 4.69) is 25.5 Å². The van der Waals surface area contributed by atoms with Gasteiger partial charge in [0.05, 0.1) is 6.10 Å². The molecule has 10 nitrogen and oxygen atoms in total. The molecule has 0 aromatic carbocycles. The summed E-state index contributed by atoms with van der Waals surface area (Å²) in [5, 5.41) is 6.53. The van der Waals surface area contributed by atoms with Gasteiger partial charge in [-0.1, -0.05) is 18.3 Å². The maximum Gasteiger partial charge on any atom is 0.273 e. The number of hydrogen-bond acceptors (Lipinski definition) is 8. The molecule has 2 aliphatic rings. The zero-order chi connectivity index (χ0) is 22.5. The summed E-state index contributed by atoms with van der Waals surface area (Å²) in [5.41, 5.74) is 0.133. The quantitative estimate of drug-likeness (QED) is 0.598. The molecule has 1 atom stereocenters. The molecule has 2 saturated heterocycles. The Hall–Kier alpha value is -2.53. The van der Waals surface area contributed by atoms with Crippen molar-refractivity contribution >= 4 is 38.6 Å². The number of hydrogen-bond donors (Lipinski definition) is 2. The van der Waals surface area contributed by atoms with Crippen LogP contribution in [0.15, 0.2) is 11.1 Å². The number of nitrogens with zero attached hydrogens (tertiary/aromatic N) is 4. The van der Waals surface area contributed by atoms with E-state index < -0.39 is 0 Å². The third kappa shape index (κ3) is 5.26. The largest absolute Gasteiger partial charge is 0.376 e. The van der Waals surface area contributed by atoms with Crippen molar-refractivity contribution in [2.24, 2.45) is 5.92 Å². The number of thiazole rings is 1. The van der Waals surface area contributed by atoms with Gasteiger partial charge < -0.3 is 20.3 Å². The van der Waals surface area contributed by atoms with Gasteiger partial charge in [0, 0.05) is 38.7 Å². The van der Waals surface area contributed by atoms with E-state index in [9.17, 15) is 14.4 Å². The van der Waals surface area contributed by atoms with E-state index >= 15 is 0 Å². The predicted molar refractivity (Wildman–Crippen MR) is 122 cm³/mol. The fraction of sp³-hybridized carbons (Fsp3) is 0.667. The van der Waals surface area contributed by atoms with Crippen LogP contribution >= 0.6 is 11.3 Å². The highest BCUT2D eigenvalue weighted by Gasteiger charge is 2.27. The minimum Gasteiger partial charge on any atom is -0.376 e. The lowest BCUT2D eigenvalue weighted by atomic mass is 9.96. The molecule has 2 N–H and O–H groups in total. The van der Waals surface area contributed by atoms with Crippen LogP contribution in [0.25, 0.3) is 10.3 Å². The number of nitrogens with one attached hydrogen (secondary N) is 2. The van der Waals surface area contributed by atoms with E-state index in [4.69, 9.17) is 4.74 Å². The van der Waals surface area contributed by atoms with E-state index in [1.54, 1.807) is 0 Å². The molecule has 2 aromatic rings. The first kappa shape index (κ1) is 22.7. The minimum absolute atomic E-state index is 0.0238. The van der Waals surface area contributed by atoms with Gasteiger partial charge in [0.1, 0.15) is 17.6 Å². The molecule has 2 aliphatic heterocycles. The summed E-state index contributed by atoms with van der Waals surface area (Å²) in [6.45, 7) is 5.28. The zero-order valence-electron chi connectivity index (χ0n) is 18.3. The Morgan fingerprint density at radius 1 is 1.25 bits per heavy atom. The van der Waals surface area contributed by atoms with Gasteiger partial charge >= 0.3 is 0 Å². The van der Waals surface area contributed by atoms with Gasteiger partial charge in [-0.05, 0) is 32.1 Å². The highest BCUT2D eigenvalue weighted by Crippen LogP contribution is 2.29. The first-order valence-electron chi connectivity index (χ1n) is 11.3. The SMILES string of the molecule is CCCNC(=O)C1CCN(c2nc3ncn(CC(=O)NC[C@H]4CCCO4)c(=O)c3s2)CC1. The maximum absolute atomic E-state index is 12.9. The highest BCUT2D eigenvalue weighted by atomic mass is 32.1. The molecular formula is C21H30N6O4S. The molecule has 4 rings (SSSR count). The Kier molecular flexibility index (Phi) is 7.36. The number of ether oxygens (including phenoxy) is 1. The third-order valence-electron chi connectivity index (χ3n) is 5.92. The maximum atomic E-state index is 12.9. The number of anilines is 1. The topological polar surface area (TPSA) is 118 Å². The first-order valence-corrected chi connectivity index (χ1v) is 12.1. The van der Waals surface area contributed by atoms with Crippen LogP contribution in [0.4, 0.5) is 5.13 Å². The summed E-state index contributed by atoms with van der Waals surface area (Å²) in [6, 6.07) is 0. The highest BCUT2D eigenvalue weighted by molar-refractivity contribution is 7.22. The number of aromatic nitrogens is 3. The second-order valence-corrected chi connectivity index (χ2v) is 9.30. The lowest BCUT2D eigenvalue weighted by molar-refractivity contribution is -0.125. The minimum atomic E-state index is -0.264. The van der Waals surface area contributed by atoms with Crippen molar-refractivity contribution in [1.82, 2.24) is 25.2 Å².